The maximum Gasteiger partial charge on any atom is 0.407 e. The number of hydrogen-bond acceptors (Lipinski definition) is 5. The lowest BCUT2D eigenvalue weighted by Crippen LogP contribution is -2.29. The van der Waals surface area contributed by atoms with Crippen LogP contribution in [0.3, 0.4) is 0 Å². The number of nitrogens with one attached hydrogen (secondary N) is 1. The smallest absolute Gasteiger partial charge is 0.407 e. The average molecular weight is 419 g/mol. The van der Waals surface area contributed by atoms with E-state index in [1.165, 1.54) is 18.2 Å². The number of benzene rings is 3. The second kappa shape index (κ2) is 8.79. The van der Waals surface area contributed by atoms with E-state index >= 15 is 0 Å². The third kappa shape index (κ3) is 4.30. The van der Waals surface area contributed by atoms with Gasteiger partial charge in [-0.1, -0.05) is 48.5 Å². The first-order valence-corrected chi connectivity index (χ1v) is 9.82. The first-order chi connectivity index (χ1) is 15.0. The number of amides is 1. The van der Waals surface area contributed by atoms with Crippen molar-refractivity contribution in [3.63, 3.8) is 0 Å². The molecule has 0 atom stereocenters. The second-order valence-electron chi connectivity index (χ2n) is 7.08. The molecule has 1 aliphatic carbocycles. The third-order valence-corrected chi connectivity index (χ3v) is 5.18. The van der Waals surface area contributed by atoms with Crippen LogP contribution >= 0.6 is 0 Å². The van der Waals surface area contributed by atoms with Gasteiger partial charge in [-0.15, -0.1) is 0 Å². The molecule has 0 aromatic heterocycles. The molecule has 0 saturated heterocycles. The van der Waals surface area contributed by atoms with Gasteiger partial charge in [-0.3, -0.25) is 0 Å². The largest absolute Gasteiger partial charge is 0.507 e. The van der Waals surface area contributed by atoms with Crippen molar-refractivity contribution in [3.8, 4) is 22.6 Å². The van der Waals surface area contributed by atoms with Gasteiger partial charge in [0.15, 0.2) is 0 Å². The summed E-state index contributed by atoms with van der Waals surface area (Å²) in [7, 11) is 0. The summed E-state index contributed by atoms with van der Waals surface area (Å²) < 4.78 is 10.9. The average Bonchev–Trinajstić information content (AvgIpc) is 3.09. The Morgan fingerprint density at radius 3 is 2.19 bits per heavy atom. The first kappa shape index (κ1) is 20.3. The van der Waals surface area contributed by atoms with E-state index in [0.717, 1.165) is 22.3 Å². The van der Waals surface area contributed by atoms with Crippen LogP contribution in [0.1, 0.15) is 27.4 Å². The van der Waals surface area contributed by atoms with Crippen molar-refractivity contribution in [1.29, 1.82) is 0 Å². The minimum Gasteiger partial charge on any atom is -0.507 e. The lowest BCUT2D eigenvalue weighted by Gasteiger charge is -2.14. The van der Waals surface area contributed by atoms with Gasteiger partial charge >= 0.3 is 12.1 Å². The molecule has 31 heavy (non-hydrogen) atoms. The molecule has 7 nitrogen and oxygen atoms in total. The number of aromatic carboxylic acids is 1. The van der Waals surface area contributed by atoms with Crippen LogP contribution in [0.4, 0.5) is 4.79 Å². The predicted molar refractivity (Wildman–Crippen MR) is 114 cm³/mol. The lowest BCUT2D eigenvalue weighted by molar-refractivity contribution is 0.0693. The highest BCUT2D eigenvalue weighted by Gasteiger charge is 2.28. The summed E-state index contributed by atoms with van der Waals surface area (Å²) in [5, 5.41) is 21.2. The van der Waals surface area contributed by atoms with Crippen LogP contribution in [-0.4, -0.2) is 42.0 Å². The summed E-state index contributed by atoms with van der Waals surface area (Å²) in [6.45, 7) is 0.555. The number of hydrogen-bond donors (Lipinski definition) is 3. The normalized spacial score (nSPS) is 12.0. The van der Waals surface area contributed by atoms with Gasteiger partial charge in [-0.2, -0.15) is 0 Å². The standard InChI is InChI=1S/C24H21NO6/c26-22-13-15(9-10-20(22)23(27)28)30-12-11-25-24(29)31-14-21-18-7-3-1-5-16(18)17-6-2-4-8-19(17)21/h1-10,13,21,26H,11-12,14H2,(H,25,29)(H,27,28). The molecule has 3 aromatic carbocycles. The Kier molecular flexibility index (Phi) is 5.75. The number of rotatable bonds is 7. The minimum atomic E-state index is -1.22. The number of phenols is 1. The van der Waals surface area contributed by atoms with Crippen molar-refractivity contribution in [1.82, 2.24) is 5.32 Å². The second-order valence-corrected chi connectivity index (χ2v) is 7.08. The molecule has 0 saturated carbocycles. The van der Waals surface area contributed by atoms with Crippen LogP contribution < -0.4 is 10.1 Å². The summed E-state index contributed by atoms with van der Waals surface area (Å²) in [6, 6.07) is 20.1. The number of aromatic hydroxyl groups is 1. The zero-order valence-corrected chi connectivity index (χ0v) is 16.6. The van der Waals surface area contributed by atoms with Crippen molar-refractivity contribution in [2.45, 2.75) is 5.92 Å². The molecule has 158 valence electrons. The third-order valence-electron chi connectivity index (χ3n) is 5.18. The van der Waals surface area contributed by atoms with Crippen molar-refractivity contribution in [2.24, 2.45) is 0 Å². The maximum atomic E-state index is 12.1. The van der Waals surface area contributed by atoms with Crippen molar-refractivity contribution >= 4 is 12.1 Å². The molecule has 4 rings (SSSR count). The van der Waals surface area contributed by atoms with Gasteiger partial charge in [0.05, 0.1) is 6.54 Å². The first-order valence-electron chi connectivity index (χ1n) is 9.82. The molecule has 3 N–H and O–H groups in total. The number of carbonyl (C=O) groups excluding carboxylic acids is 1. The van der Waals surface area contributed by atoms with E-state index in [2.05, 4.69) is 29.6 Å². The molecule has 1 aliphatic rings. The number of carboxylic acids is 1. The van der Waals surface area contributed by atoms with Gasteiger partial charge in [0.25, 0.3) is 0 Å². The SMILES string of the molecule is O=C(NCCOc1ccc(C(=O)O)c(O)c1)OCC1c2ccccc2-c2ccccc21. The zero-order chi connectivity index (χ0) is 21.8. The molecule has 3 aromatic rings. The van der Waals surface area contributed by atoms with Crippen LogP contribution in [-0.2, 0) is 4.74 Å². The number of ether oxygens (including phenoxy) is 2. The summed E-state index contributed by atoms with van der Waals surface area (Å²) in [6.07, 6.45) is -0.547. The fourth-order valence-corrected chi connectivity index (χ4v) is 3.75. The number of carboxylic acid groups (broad SMARTS) is 1. The van der Waals surface area contributed by atoms with Crippen LogP contribution in [0.2, 0.25) is 0 Å². The molecule has 0 radical (unpaired) electrons. The monoisotopic (exact) mass is 419 g/mol. The Morgan fingerprint density at radius 2 is 1.58 bits per heavy atom. The Hall–Kier alpha value is -4.00. The van der Waals surface area contributed by atoms with Crippen molar-refractivity contribution < 1.29 is 29.3 Å². The molecule has 1 amide bonds. The number of carbonyl (C=O) groups is 2. The molecular weight excluding hydrogens is 398 g/mol. The van der Waals surface area contributed by atoms with Crippen LogP contribution in [0, 0.1) is 0 Å². The summed E-state index contributed by atoms with van der Waals surface area (Å²) in [5.74, 6) is -1.31. The lowest BCUT2D eigenvalue weighted by atomic mass is 9.98. The highest BCUT2D eigenvalue weighted by molar-refractivity contribution is 5.90. The highest BCUT2D eigenvalue weighted by atomic mass is 16.5. The van der Waals surface area contributed by atoms with Gasteiger partial charge in [-0.25, -0.2) is 9.59 Å². The van der Waals surface area contributed by atoms with E-state index in [9.17, 15) is 14.7 Å². The van der Waals surface area contributed by atoms with Gasteiger partial charge < -0.3 is 25.0 Å². The molecule has 0 bridgehead atoms. The Balaban J connectivity index is 1.27. The van der Waals surface area contributed by atoms with Crippen molar-refractivity contribution in [2.75, 3.05) is 19.8 Å². The molecule has 0 fully saturated rings. The van der Waals surface area contributed by atoms with Gasteiger partial charge in [-0.05, 0) is 34.4 Å². The fourth-order valence-electron chi connectivity index (χ4n) is 3.75. The maximum absolute atomic E-state index is 12.1. The molecule has 7 heteroatoms. The van der Waals surface area contributed by atoms with Crippen molar-refractivity contribution in [3.05, 3.63) is 83.4 Å². The zero-order valence-electron chi connectivity index (χ0n) is 16.6. The molecule has 0 heterocycles. The predicted octanol–water partition coefficient (Wildman–Crippen LogP) is 4.01. The van der Waals surface area contributed by atoms with E-state index in [1.54, 1.807) is 0 Å². The van der Waals surface area contributed by atoms with Crippen LogP contribution in [0.5, 0.6) is 11.5 Å². The Bertz CT molecular complexity index is 1080. The summed E-state index contributed by atoms with van der Waals surface area (Å²) >= 11 is 0. The number of fused-ring (bicyclic) bond motifs is 3. The highest BCUT2D eigenvalue weighted by Crippen LogP contribution is 2.44. The number of alkyl carbamates (subject to hydrolysis) is 1. The summed E-state index contributed by atoms with van der Waals surface area (Å²) in [4.78, 5) is 23.0. The summed E-state index contributed by atoms with van der Waals surface area (Å²) in [5.41, 5.74) is 4.41. The molecular formula is C24H21NO6. The van der Waals surface area contributed by atoms with E-state index in [1.807, 2.05) is 24.3 Å². The van der Waals surface area contributed by atoms with E-state index in [0.29, 0.717) is 5.75 Å². The Morgan fingerprint density at radius 1 is 0.935 bits per heavy atom. The van der Waals surface area contributed by atoms with E-state index in [-0.39, 0.29) is 37.0 Å². The molecule has 0 spiro atoms. The van der Waals surface area contributed by atoms with Gasteiger partial charge in [0.2, 0.25) is 0 Å². The molecule has 0 unspecified atom stereocenters. The topological polar surface area (TPSA) is 105 Å². The fraction of sp³-hybridized carbons (Fsp3) is 0.167. The van der Waals surface area contributed by atoms with E-state index in [4.69, 9.17) is 14.6 Å². The molecule has 0 aliphatic heterocycles. The Labute approximate surface area is 178 Å². The van der Waals surface area contributed by atoms with Gasteiger partial charge in [0, 0.05) is 12.0 Å². The van der Waals surface area contributed by atoms with E-state index < -0.39 is 12.1 Å². The van der Waals surface area contributed by atoms with Crippen LogP contribution in [0.25, 0.3) is 11.1 Å². The minimum absolute atomic E-state index is 0.00914. The quantitative estimate of drug-likeness (QED) is 0.500. The van der Waals surface area contributed by atoms with Gasteiger partial charge in [0.1, 0.15) is 30.3 Å². The van der Waals surface area contributed by atoms with Crippen LogP contribution in [0.15, 0.2) is 66.7 Å².